The maximum atomic E-state index is 11.5. The molecule has 0 aliphatic carbocycles. The fourth-order valence-electron chi connectivity index (χ4n) is 2.18. The van der Waals surface area contributed by atoms with Crippen molar-refractivity contribution in [1.82, 2.24) is 15.3 Å². The number of hydrogen-bond acceptors (Lipinski definition) is 5. The van der Waals surface area contributed by atoms with E-state index >= 15 is 0 Å². The van der Waals surface area contributed by atoms with Gasteiger partial charge in [0.15, 0.2) is 0 Å². The van der Waals surface area contributed by atoms with Gasteiger partial charge in [0.1, 0.15) is 11.9 Å². The van der Waals surface area contributed by atoms with Gasteiger partial charge in [-0.1, -0.05) is 12.1 Å². The number of nitrogens with zero attached hydrogens (tertiary/aromatic N) is 3. The molecule has 2 aromatic heterocycles. The topological polar surface area (TPSA) is 78.3 Å². The number of nitrogens with one attached hydrogen (secondary N) is 1. The maximum Gasteiger partial charge on any atom is 0.248 e. The molecule has 2 rings (SSSR count). The highest BCUT2D eigenvalue weighted by Crippen LogP contribution is 2.16. The highest BCUT2D eigenvalue weighted by atomic mass is 16.3. The van der Waals surface area contributed by atoms with E-state index in [0.717, 1.165) is 30.0 Å². The van der Waals surface area contributed by atoms with Crippen molar-refractivity contribution in [2.75, 3.05) is 18.5 Å². The molecular formula is C17H22N4O2. The van der Waals surface area contributed by atoms with E-state index in [1.165, 1.54) is 6.92 Å². The zero-order valence-electron chi connectivity index (χ0n) is 13.4. The van der Waals surface area contributed by atoms with E-state index in [1.807, 2.05) is 42.3 Å². The molecule has 0 aromatic carbocycles. The molecule has 0 unspecified atom stereocenters. The van der Waals surface area contributed by atoms with Crippen molar-refractivity contribution >= 4 is 11.7 Å². The van der Waals surface area contributed by atoms with Crippen LogP contribution in [0.5, 0.6) is 0 Å². The molecule has 23 heavy (non-hydrogen) atoms. The Kier molecular flexibility index (Phi) is 6.05. The Hall–Kier alpha value is -2.47. The smallest absolute Gasteiger partial charge is 0.248 e. The molecule has 0 aliphatic heterocycles. The quantitative estimate of drug-likeness (QED) is 0.801. The molecule has 0 fully saturated rings. The minimum atomic E-state index is -1.02. The van der Waals surface area contributed by atoms with E-state index in [0.29, 0.717) is 6.54 Å². The third-order valence-corrected chi connectivity index (χ3v) is 3.49. The van der Waals surface area contributed by atoms with Crippen molar-refractivity contribution in [3.05, 3.63) is 54.0 Å². The molecule has 0 aliphatic rings. The summed E-state index contributed by atoms with van der Waals surface area (Å²) in [7, 11) is 1.96. The number of rotatable bonds is 7. The lowest BCUT2D eigenvalue weighted by Gasteiger charge is -2.21. The summed E-state index contributed by atoms with van der Waals surface area (Å²) < 4.78 is 0. The van der Waals surface area contributed by atoms with Gasteiger partial charge >= 0.3 is 0 Å². The average Bonchev–Trinajstić information content (AvgIpc) is 2.58. The molecule has 2 heterocycles. The Morgan fingerprint density at radius 1 is 1.26 bits per heavy atom. The lowest BCUT2D eigenvalue weighted by molar-refractivity contribution is -0.128. The van der Waals surface area contributed by atoms with Gasteiger partial charge in [0.25, 0.3) is 0 Å². The number of likely N-dealkylation sites (N-methyl/N-ethyl adjacent to an activating group) is 1. The summed E-state index contributed by atoms with van der Waals surface area (Å²) in [6, 6.07) is 9.62. The molecule has 0 saturated heterocycles. The summed E-state index contributed by atoms with van der Waals surface area (Å²) in [6.45, 7) is 2.55. The molecule has 2 N–H and O–H groups in total. The minimum absolute atomic E-state index is 0.334. The monoisotopic (exact) mass is 314 g/mol. The zero-order valence-corrected chi connectivity index (χ0v) is 13.4. The van der Waals surface area contributed by atoms with Gasteiger partial charge in [-0.05, 0) is 25.1 Å². The van der Waals surface area contributed by atoms with Gasteiger partial charge < -0.3 is 15.3 Å². The Bertz CT molecular complexity index is 632. The summed E-state index contributed by atoms with van der Waals surface area (Å²) in [5.41, 5.74) is 1.93. The predicted molar refractivity (Wildman–Crippen MR) is 89.0 cm³/mol. The highest BCUT2D eigenvalue weighted by molar-refractivity contribution is 5.80. The summed E-state index contributed by atoms with van der Waals surface area (Å²) in [5.74, 6) is 0.422. The van der Waals surface area contributed by atoms with Gasteiger partial charge in [0.05, 0.1) is 0 Å². The lowest BCUT2D eigenvalue weighted by Crippen LogP contribution is -2.33. The number of amides is 1. The fraction of sp³-hybridized carbons (Fsp3) is 0.353. The van der Waals surface area contributed by atoms with E-state index in [4.69, 9.17) is 0 Å². The summed E-state index contributed by atoms with van der Waals surface area (Å²) >= 11 is 0. The normalized spacial score (nSPS) is 11.8. The second-order valence-corrected chi connectivity index (χ2v) is 5.37. The molecule has 6 heteroatoms. The van der Waals surface area contributed by atoms with Crippen molar-refractivity contribution in [3.63, 3.8) is 0 Å². The first-order valence-electron chi connectivity index (χ1n) is 7.58. The molecule has 6 nitrogen and oxygen atoms in total. The number of carbonyl (C=O) groups excluding carboxylic acids is 1. The van der Waals surface area contributed by atoms with Crippen molar-refractivity contribution in [2.24, 2.45) is 0 Å². The second kappa shape index (κ2) is 8.24. The van der Waals surface area contributed by atoms with E-state index in [9.17, 15) is 9.90 Å². The van der Waals surface area contributed by atoms with Gasteiger partial charge in [-0.2, -0.15) is 0 Å². The van der Waals surface area contributed by atoms with Crippen molar-refractivity contribution in [2.45, 2.75) is 26.0 Å². The number of aliphatic hydroxyl groups is 1. The van der Waals surface area contributed by atoms with Crippen LogP contribution in [0.25, 0.3) is 0 Å². The van der Waals surface area contributed by atoms with Crippen LogP contribution in [0.2, 0.25) is 0 Å². The van der Waals surface area contributed by atoms with Crippen LogP contribution in [0.15, 0.2) is 42.7 Å². The first-order valence-corrected chi connectivity index (χ1v) is 7.58. The highest BCUT2D eigenvalue weighted by Gasteiger charge is 2.12. The Morgan fingerprint density at radius 2 is 2.04 bits per heavy atom. The van der Waals surface area contributed by atoms with Crippen LogP contribution < -0.4 is 10.2 Å². The van der Waals surface area contributed by atoms with Crippen LogP contribution in [-0.2, 0) is 17.8 Å². The average molecular weight is 314 g/mol. The molecular weight excluding hydrogens is 292 g/mol. The molecule has 0 radical (unpaired) electrons. The van der Waals surface area contributed by atoms with Crippen LogP contribution in [-0.4, -0.2) is 40.7 Å². The number of carbonyl (C=O) groups is 1. The summed E-state index contributed by atoms with van der Waals surface area (Å²) in [5, 5.41) is 11.9. The van der Waals surface area contributed by atoms with Gasteiger partial charge in [-0.15, -0.1) is 0 Å². The predicted octanol–water partition coefficient (Wildman–Crippen LogP) is 1.15. The first kappa shape index (κ1) is 16.9. The van der Waals surface area contributed by atoms with Crippen LogP contribution in [0.3, 0.4) is 0 Å². The number of aromatic nitrogens is 2. The molecule has 1 amide bonds. The number of aliphatic hydroxyl groups excluding tert-OH is 1. The van der Waals surface area contributed by atoms with Crippen molar-refractivity contribution in [1.29, 1.82) is 0 Å². The van der Waals surface area contributed by atoms with Crippen LogP contribution in [0.1, 0.15) is 18.2 Å². The number of pyridine rings is 2. The Labute approximate surface area is 136 Å². The van der Waals surface area contributed by atoms with E-state index in [-0.39, 0.29) is 0 Å². The fourth-order valence-corrected chi connectivity index (χ4v) is 2.18. The summed E-state index contributed by atoms with van der Waals surface area (Å²) in [6.07, 6.45) is 3.31. The second-order valence-electron chi connectivity index (χ2n) is 5.37. The molecule has 0 bridgehead atoms. The van der Waals surface area contributed by atoms with Crippen LogP contribution in [0.4, 0.5) is 5.82 Å². The number of hydrogen-bond donors (Lipinski definition) is 2. The third-order valence-electron chi connectivity index (χ3n) is 3.49. The summed E-state index contributed by atoms with van der Waals surface area (Å²) in [4.78, 5) is 22.3. The first-order chi connectivity index (χ1) is 11.1. The van der Waals surface area contributed by atoms with Crippen molar-refractivity contribution in [3.8, 4) is 0 Å². The van der Waals surface area contributed by atoms with Gasteiger partial charge in [0.2, 0.25) is 5.91 Å². The number of anilines is 1. The molecule has 0 saturated carbocycles. The van der Waals surface area contributed by atoms with E-state index in [2.05, 4.69) is 15.3 Å². The van der Waals surface area contributed by atoms with Gasteiger partial charge in [-0.25, -0.2) is 4.98 Å². The van der Waals surface area contributed by atoms with Gasteiger partial charge in [0, 0.05) is 50.2 Å². The SMILES string of the molecule is C[C@H](O)C(=O)NCc1cccnc1N(C)CCc1ccccn1. The lowest BCUT2D eigenvalue weighted by atomic mass is 10.2. The van der Waals surface area contributed by atoms with Crippen LogP contribution in [0, 0.1) is 0 Å². The maximum absolute atomic E-state index is 11.5. The molecule has 122 valence electrons. The van der Waals surface area contributed by atoms with Crippen LogP contribution >= 0.6 is 0 Å². The Balaban J connectivity index is 1.99. The third kappa shape index (κ3) is 5.03. The zero-order chi connectivity index (χ0) is 16.7. The molecule has 1 atom stereocenters. The Morgan fingerprint density at radius 3 is 2.74 bits per heavy atom. The standard InChI is InChI=1S/C17H22N4O2/c1-13(22)17(23)20-12-14-6-5-10-19-16(14)21(2)11-8-15-7-3-4-9-18-15/h3-7,9-10,13,22H,8,11-12H2,1-2H3,(H,20,23)/t13-/m0/s1. The minimum Gasteiger partial charge on any atom is -0.384 e. The van der Waals surface area contributed by atoms with Crippen molar-refractivity contribution < 1.29 is 9.90 Å². The van der Waals surface area contributed by atoms with E-state index in [1.54, 1.807) is 12.4 Å². The molecule has 2 aromatic rings. The van der Waals surface area contributed by atoms with E-state index < -0.39 is 12.0 Å². The van der Waals surface area contributed by atoms with Gasteiger partial charge in [-0.3, -0.25) is 9.78 Å². The largest absolute Gasteiger partial charge is 0.384 e. The molecule has 0 spiro atoms.